The molecule has 0 fully saturated rings. The summed E-state index contributed by atoms with van der Waals surface area (Å²) in [6.45, 7) is 2.36. The zero-order valence-electron chi connectivity index (χ0n) is 13.6. The highest BCUT2D eigenvalue weighted by molar-refractivity contribution is 5.96. The number of rotatable bonds is 6. The van der Waals surface area contributed by atoms with E-state index in [0.29, 0.717) is 17.9 Å². The van der Waals surface area contributed by atoms with Gasteiger partial charge in [0, 0.05) is 25.3 Å². The van der Waals surface area contributed by atoms with E-state index in [9.17, 15) is 9.59 Å². The van der Waals surface area contributed by atoms with Gasteiger partial charge in [0.05, 0.1) is 19.4 Å². The van der Waals surface area contributed by atoms with E-state index in [0.717, 1.165) is 11.3 Å². The molecular formula is C17H21N3O3. The molecular weight excluding hydrogens is 294 g/mol. The van der Waals surface area contributed by atoms with E-state index in [1.54, 1.807) is 38.6 Å². The number of benzene rings is 1. The average molecular weight is 315 g/mol. The summed E-state index contributed by atoms with van der Waals surface area (Å²) in [4.78, 5) is 25.4. The van der Waals surface area contributed by atoms with Crippen molar-refractivity contribution in [2.75, 3.05) is 26.0 Å². The monoisotopic (exact) mass is 315 g/mol. The molecule has 2 aromatic rings. The zero-order chi connectivity index (χ0) is 16.8. The molecule has 6 nitrogen and oxygen atoms in total. The Hall–Kier alpha value is -2.76. The molecule has 0 radical (unpaired) electrons. The van der Waals surface area contributed by atoms with E-state index in [4.69, 9.17) is 4.42 Å². The van der Waals surface area contributed by atoms with Crippen LogP contribution in [0.3, 0.4) is 0 Å². The van der Waals surface area contributed by atoms with Crippen molar-refractivity contribution in [2.45, 2.75) is 13.5 Å². The van der Waals surface area contributed by atoms with Crippen LogP contribution in [-0.4, -0.2) is 37.4 Å². The van der Waals surface area contributed by atoms with Crippen LogP contribution < -0.4 is 10.6 Å². The first-order valence-corrected chi connectivity index (χ1v) is 7.32. The number of carbonyl (C=O) groups is 2. The predicted molar refractivity (Wildman–Crippen MR) is 88.2 cm³/mol. The highest BCUT2D eigenvalue weighted by atomic mass is 16.3. The van der Waals surface area contributed by atoms with E-state index in [1.807, 2.05) is 19.1 Å². The van der Waals surface area contributed by atoms with Crippen LogP contribution in [0.2, 0.25) is 0 Å². The minimum atomic E-state index is -0.150. The third kappa shape index (κ3) is 4.60. The Balaban J connectivity index is 1.91. The van der Waals surface area contributed by atoms with Crippen molar-refractivity contribution in [3.05, 3.63) is 53.5 Å². The Morgan fingerprint density at radius 3 is 2.65 bits per heavy atom. The number of amides is 2. The summed E-state index contributed by atoms with van der Waals surface area (Å²) in [5.41, 5.74) is 2.25. The average Bonchev–Trinajstić information content (AvgIpc) is 3.04. The summed E-state index contributed by atoms with van der Waals surface area (Å²) in [6.07, 6.45) is 1.56. The number of carbonyl (C=O) groups excluding carboxylic acids is 2. The van der Waals surface area contributed by atoms with Gasteiger partial charge in [-0.15, -0.1) is 0 Å². The molecule has 2 rings (SSSR count). The van der Waals surface area contributed by atoms with Gasteiger partial charge in [-0.25, -0.2) is 0 Å². The highest BCUT2D eigenvalue weighted by Gasteiger charge is 2.12. The molecule has 0 saturated heterocycles. The molecule has 2 amide bonds. The van der Waals surface area contributed by atoms with Gasteiger partial charge in [-0.1, -0.05) is 6.07 Å². The third-order valence-corrected chi connectivity index (χ3v) is 3.37. The second-order valence-corrected chi connectivity index (χ2v) is 5.44. The lowest BCUT2D eigenvalue weighted by molar-refractivity contribution is -0.119. The van der Waals surface area contributed by atoms with Crippen molar-refractivity contribution < 1.29 is 14.0 Å². The largest absolute Gasteiger partial charge is 0.467 e. The van der Waals surface area contributed by atoms with Crippen LogP contribution in [-0.2, 0) is 11.3 Å². The molecule has 0 bridgehead atoms. The summed E-state index contributed by atoms with van der Waals surface area (Å²) < 4.78 is 5.15. The number of furan rings is 1. The standard InChI is InChI=1S/C17H21N3O3/c1-12-6-7-13(9-15(12)17(22)20(2)3)18-11-16(21)19-10-14-5-4-8-23-14/h4-9,18H,10-11H2,1-3H3,(H,19,21). The molecule has 0 saturated carbocycles. The maximum Gasteiger partial charge on any atom is 0.253 e. The Morgan fingerprint density at radius 1 is 1.22 bits per heavy atom. The van der Waals surface area contributed by atoms with Crippen LogP contribution in [0.4, 0.5) is 5.69 Å². The zero-order valence-corrected chi connectivity index (χ0v) is 13.6. The molecule has 0 aliphatic heterocycles. The fourth-order valence-corrected chi connectivity index (χ4v) is 2.05. The van der Waals surface area contributed by atoms with Crippen molar-refractivity contribution in [1.82, 2.24) is 10.2 Å². The van der Waals surface area contributed by atoms with Crippen molar-refractivity contribution in [3.63, 3.8) is 0 Å². The van der Waals surface area contributed by atoms with Gasteiger partial charge in [-0.3, -0.25) is 9.59 Å². The van der Waals surface area contributed by atoms with Crippen LogP contribution >= 0.6 is 0 Å². The fraction of sp³-hybridized carbons (Fsp3) is 0.294. The smallest absolute Gasteiger partial charge is 0.253 e. The topological polar surface area (TPSA) is 74.6 Å². The summed E-state index contributed by atoms with van der Waals surface area (Å²) in [7, 11) is 3.42. The summed E-state index contributed by atoms with van der Waals surface area (Å²) >= 11 is 0. The molecule has 1 aromatic heterocycles. The lowest BCUT2D eigenvalue weighted by Crippen LogP contribution is -2.29. The Kier molecular flexibility index (Phi) is 5.41. The molecule has 2 N–H and O–H groups in total. The van der Waals surface area contributed by atoms with Gasteiger partial charge < -0.3 is 20.0 Å². The Bertz CT molecular complexity index is 678. The molecule has 0 atom stereocenters. The summed E-state index contributed by atoms with van der Waals surface area (Å²) in [6, 6.07) is 9.04. The van der Waals surface area contributed by atoms with Gasteiger partial charge in [0.25, 0.3) is 5.91 Å². The number of hydrogen-bond acceptors (Lipinski definition) is 4. The maximum atomic E-state index is 12.1. The number of anilines is 1. The second kappa shape index (κ2) is 7.49. The maximum absolute atomic E-state index is 12.1. The number of nitrogens with zero attached hydrogens (tertiary/aromatic N) is 1. The molecule has 0 spiro atoms. The molecule has 6 heteroatoms. The molecule has 23 heavy (non-hydrogen) atoms. The quantitative estimate of drug-likeness (QED) is 0.855. The normalized spacial score (nSPS) is 10.2. The van der Waals surface area contributed by atoms with E-state index in [2.05, 4.69) is 10.6 Å². The summed E-state index contributed by atoms with van der Waals surface area (Å²) in [5, 5.41) is 5.77. The van der Waals surface area contributed by atoms with Crippen molar-refractivity contribution in [3.8, 4) is 0 Å². The van der Waals surface area contributed by atoms with Crippen molar-refractivity contribution in [1.29, 1.82) is 0 Å². The first-order chi connectivity index (χ1) is 11.0. The molecule has 0 aliphatic rings. The molecule has 0 unspecified atom stereocenters. The van der Waals surface area contributed by atoms with Gasteiger partial charge >= 0.3 is 0 Å². The van der Waals surface area contributed by atoms with Crippen molar-refractivity contribution in [2.24, 2.45) is 0 Å². The van der Waals surface area contributed by atoms with E-state index >= 15 is 0 Å². The SMILES string of the molecule is Cc1ccc(NCC(=O)NCc2ccco2)cc1C(=O)N(C)C. The van der Waals surface area contributed by atoms with Crippen LogP contribution in [0.25, 0.3) is 0 Å². The number of nitrogens with one attached hydrogen (secondary N) is 2. The minimum Gasteiger partial charge on any atom is -0.467 e. The minimum absolute atomic E-state index is 0.0616. The lowest BCUT2D eigenvalue weighted by Gasteiger charge is -2.14. The molecule has 0 aliphatic carbocycles. The van der Waals surface area contributed by atoms with Crippen molar-refractivity contribution >= 4 is 17.5 Å². The molecule has 1 heterocycles. The van der Waals surface area contributed by atoms with Gasteiger partial charge in [0.1, 0.15) is 5.76 Å². The van der Waals surface area contributed by atoms with E-state index in [-0.39, 0.29) is 18.4 Å². The van der Waals surface area contributed by atoms with Crippen LogP contribution in [0.5, 0.6) is 0 Å². The van der Waals surface area contributed by atoms with Gasteiger partial charge in [-0.05, 0) is 36.8 Å². The molecule has 1 aromatic carbocycles. The van der Waals surface area contributed by atoms with Gasteiger partial charge in [0.2, 0.25) is 5.91 Å². The van der Waals surface area contributed by atoms with Gasteiger partial charge in [0.15, 0.2) is 0 Å². The predicted octanol–water partition coefficient (Wildman–Crippen LogP) is 2.02. The highest BCUT2D eigenvalue weighted by Crippen LogP contribution is 2.16. The second-order valence-electron chi connectivity index (χ2n) is 5.44. The fourth-order valence-electron chi connectivity index (χ4n) is 2.05. The Morgan fingerprint density at radius 2 is 2.00 bits per heavy atom. The lowest BCUT2D eigenvalue weighted by atomic mass is 10.1. The molecule has 122 valence electrons. The summed E-state index contributed by atoms with van der Waals surface area (Å²) in [5.74, 6) is 0.489. The van der Waals surface area contributed by atoms with E-state index in [1.165, 1.54) is 4.90 Å². The van der Waals surface area contributed by atoms with Crippen LogP contribution in [0.15, 0.2) is 41.0 Å². The van der Waals surface area contributed by atoms with Crippen LogP contribution in [0, 0.1) is 6.92 Å². The van der Waals surface area contributed by atoms with Gasteiger partial charge in [-0.2, -0.15) is 0 Å². The first-order valence-electron chi connectivity index (χ1n) is 7.32. The number of hydrogen-bond donors (Lipinski definition) is 2. The third-order valence-electron chi connectivity index (χ3n) is 3.37. The first kappa shape index (κ1) is 16.6. The van der Waals surface area contributed by atoms with E-state index < -0.39 is 0 Å². The Labute approximate surface area is 135 Å². The number of aryl methyl sites for hydroxylation is 1. The van der Waals surface area contributed by atoms with Crippen LogP contribution in [0.1, 0.15) is 21.7 Å².